The fourth-order valence-corrected chi connectivity index (χ4v) is 5.94. The number of ether oxygens (including phenoxy) is 1. The zero-order valence-electron chi connectivity index (χ0n) is 23.5. The van der Waals surface area contributed by atoms with Crippen LogP contribution in [0.4, 0.5) is 5.69 Å². The molecule has 0 unspecified atom stereocenters. The van der Waals surface area contributed by atoms with E-state index in [2.05, 4.69) is 9.62 Å². The first-order chi connectivity index (χ1) is 19.9. The molecule has 224 valence electrons. The van der Waals surface area contributed by atoms with Gasteiger partial charge in [-0.3, -0.25) is 14.4 Å². The minimum Gasteiger partial charge on any atom is -0.488 e. The Morgan fingerprint density at radius 2 is 1.81 bits per heavy atom. The van der Waals surface area contributed by atoms with E-state index in [0.717, 1.165) is 5.56 Å². The second-order valence-corrected chi connectivity index (χ2v) is 12.7. The third-order valence-electron chi connectivity index (χ3n) is 7.19. The van der Waals surface area contributed by atoms with Gasteiger partial charge in [-0.25, -0.2) is 13.2 Å². The number of halogens is 1. The molecule has 0 bridgehead atoms. The van der Waals surface area contributed by atoms with Crippen LogP contribution in [0.25, 0.3) is 0 Å². The van der Waals surface area contributed by atoms with Crippen LogP contribution in [0.3, 0.4) is 0 Å². The molecule has 42 heavy (non-hydrogen) atoms. The number of hydrogen-bond acceptors (Lipinski definition) is 7. The van der Waals surface area contributed by atoms with Crippen molar-refractivity contribution in [1.29, 1.82) is 0 Å². The molecule has 10 nitrogen and oxygen atoms in total. The number of amides is 1. The zero-order chi connectivity index (χ0) is 30.6. The Bertz CT molecular complexity index is 1530. The molecule has 3 N–H and O–H groups in total. The number of carboxylic acid groups (broad SMARTS) is 1. The lowest BCUT2D eigenvalue weighted by Gasteiger charge is -2.38. The molecule has 0 saturated carbocycles. The summed E-state index contributed by atoms with van der Waals surface area (Å²) in [5, 5.41) is 19.5. The molecule has 1 amide bonds. The largest absolute Gasteiger partial charge is 0.488 e. The average Bonchev–Trinajstić information content (AvgIpc) is 2.95. The molecule has 1 aliphatic rings. The van der Waals surface area contributed by atoms with Crippen LogP contribution in [0, 0.1) is 5.92 Å². The molecule has 0 spiro atoms. The number of fused-ring (bicyclic) bond motifs is 1. The van der Waals surface area contributed by atoms with E-state index in [1.807, 2.05) is 14.0 Å². The average molecular weight is 616 g/mol. The molecular formula is C30H34ClN3O7S. The van der Waals surface area contributed by atoms with Crippen molar-refractivity contribution in [3.8, 4) is 5.75 Å². The number of carbonyl (C=O) groups excluding carboxylic acids is 1. The second kappa shape index (κ2) is 13.1. The molecule has 0 radical (unpaired) electrons. The summed E-state index contributed by atoms with van der Waals surface area (Å²) in [6.45, 7) is 4.83. The minimum absolute atomic E-state index is 0.0197. The summed E-state index contributed by atoms with van der Waals surface area (Å²) in [6.07, 6.45) is -0.356. The van der Waals surface area contributed by atoms with E-state index in [4.69, 9.17) is 21.4 Å². The van der Waals surface area contributed by atoms with Gasteiger partial charge in [0, 0.05) is 36.3 Å². The van der Waals surface area contributed by atoms with Crippen LogP contribution in [0.1, 0.15) is 40.1 Å². The number of carbonyl (C=O) groups is 2. The third kappa shape index (κ3) is 7.40. The highest BCUT2D eigenvalue weighted by Gasteiger charge is 2.33. The third-order valence-corrected chi connectivity index (χ3v) is 8.84. The van der Waals surface area contributed by atoms with E-state index in [9.17, 15) is 23.1 Å². The van der Waals surface area contributed by atoms with E-state index in [0.29, 0.717) is 30.4 Å². The fraction of sp³-hybridized carbons (Fsp3) is 0.333. The number of carboxylic acids is 1. The molecule has 3 aromatic rings. The number of sulfonamides is 1. The van der Waals surface area contributed by atoms with Gasteiger partial charge in [0.15, 0.2) is 0 Å². The topological polar surface area (TPSA) is 136 Å². The Morgan fingerprint density at radius 3 is 2.43 bits per heavy atom. The standard InChI is InChI=1S/C30H34ClN3O7S/c1-19-15-34(20(2)18-35)29(36)26-14-24(32-42(39,40)25-11-8-23(31)9-12-25)10-13-27(26)41-28(19)17-33(3)16-21-4-6-22(7-5-21)30(37)38/h4-14,19-20,28,32,35H,15-18H2,1-3H3,(H,37,38)/t19-,20-,28+/m0/s1. The van der Waals surface area contributed by atoms with Crippen molar-refractivity contribution < 1.29 is 33.0 Å². The van der Waals surface area contributed by atoms with E-state index in [-0.39, 0.29) is 46.2 Å². The lowest BCUT2D eigenvalue weighted by atomic mass is 9.99. The first-order valence-corrected chi connectivity index (χ1v) is 15.3. The van der Waals surface area contributed by atoms with E-state index in [1.165, 1.54) is 36.4 Å². The van der Waals surface area contributed by atoms with Crippen LogP contribution in [-0.4, -0.2) is 79.2 Å². The lowest BCUT2D eigenvalue weighted by molar-refractivity contribution is 0.0341. The lowest BCUT2D eigenvalue weighted by Crippen LogP contribution is -2.49. The Morgan fingerprint density at radius 1 is 1.14 bits per heavy atom. The normalized spacial score (nSPS) is 18.0. The number of aromatic carboxylic acids is 1. The van der Waals surface area contributed by atoms with Gasteiger partial charge in [0.05, 0.1) is 28.7 Å². The first-order valence-electron chi connectivity index (χ1n) is 13.4. The number of nitrogens with zero attached hydrogens (tertiary/aromatic N) is 2. The Labute approximate surface area is 250 Å². The van der Waals surface area contributed by atoms with Crippen molar-refractivity contribution in [2.24, 2.45) is 5.92 Å². The van der Waals surface area contributed by atoms with E-state index >= 15 is 0 Å². The number of rotatable bonds is 10. The van der Waals surface area contributed by atoms with Gasteiger partial charge in [-0.05, 0) is 74.1 Å². The summed E-state index contributed by atoms with van der Waals surface area (Å²) in [7, 11) is -2.03. The van der Waals surface area contributed by atoms with Crippen molar-refractivity contribution in [1.82, 2.24) is 9.80 Å². The molecule has 4 rings (SSSR count). The van der Waals surface area contributed by atoms with Crippen molar-refractivity contribution >= 4 is 39.2 Å². The molecule has 3 aromatic carbocycles. The maximum atomic E-state index is 13.7. The van der Waals surface area contributed by atoms with Crippen LogP contribution in [0.5, 0.6) is 5.75 Å². The maximum Gasteiger partial charge on any atom is 0.335 e. The van der Waals surface area contributed by atoms with Crippen molar-refractivity contribution in [2.45, 2.75) is 37.4 Å². The number of anilines is 1. The van der Waals surface area contributed by atoms with Crippen molar-refractivity contribution in [2.75, 3.05) is 31.5 Å². The summed E-state index contributed by atoms with van der Waals surface area (Å²) < 4.78 is 34.9. The van der Waals surface area contributed by atoms with Gasteiger partial charge in [0.25, 0.3) is 15.9 Å². The summed E-state index contributed by atoms with van der Waals surface area (Å²) >= 11 is 5.90. The number of aliphatic hydroxyl groups is 1. The van der Waals surface area contributed by atoms with Gasteiger partial charge in [-0.15, -0.1) is 0 Å². The van der Waals surface area contributed by atoms with E-state index in [1.54, 1.807) is 42.2 Å². The number of aliphatic hydroxyl groups excluding tert-OH is 1. The molecule has 3 atom stereocenters. The quantitative estimate of drug-likeness (QED) is 0.309. The summed E-state index contributed by atoms with van der Waals surface area (Å²) in [5.74, 6) is -1.17. The van der Waals surface area contributed by atoms with Crippen molar-refractivity contribution in [3.05, 3.63) is 88.4 Å². The molecule has 1 heterocycles. The predicted molar refractivity (Wildman–Crippen MR) is 160 cm³/mol. The van der Waals surface area contributed by atoms with Crippen LogP contribution < -0.4 is 9.46 Å². The molecule has 0 fully saturated rings. The Balaban J connectivity index is 1.60. The number of nitrogens with one attached hydrogen (secondary N) is 1. The molecule has 12 heteroatoms. The fourth-order valence-electron chi connectivity index (χ4n) is 4.77. The molecule has 0 aliphatic carbocycles. The van der Waals surface area contributed by atoms with E-state index < -0.39 is 22.0 Å². The smallest absolute Gasteiger partial charge is 0.335 e. The molecular weight excluding hydrogens is 582 g/mol. The monoisotopic (exact) mass is 615 g/mol. The zero-order valence-corrected chi connectivity index (χ0v) is 25.1. The van der Waals surface area contributed by atoms with Gasteiger partial charge < -0.3 is 19.8 Å². The number of hydrogen-bond donors (Lipinski definition) is 3. The Kier molecular flexibility index (Phi) is 9.78. The Hall–Kier alpha value is -3.64. The highest BCUT2D eigenvalue weighted by molar-refractivity contribution is 7.92. The van der Waals surface area contributed by atoms with Gasteiger partial charge in [-0.1, -0.05) is 30.7 Å². The van der Waals surface area contributed by atoms with Gasteiger partial charge in [0.1, 0.15) is 11.9 Å². The molecule has 0 saturated heterocycles. The van der Waals surface area contributed by atoms with Gasteiger partial charge >= 0.3 is 5.97 Å². The van der Waals surface area contributed by atoms with Crippen LogP contribution in [0.15, 0.2) is 71.6 Å². The van der Waals surface area contributed by atoms with Crippen LogP contribution >= 0.6 is 11.6 Å². The van der Waals surface area contributed by atoms with Crippen molar-refractivity contribution in [3.63, 3.8) is 0 Å². The maximum absolute atomic E-state index is 13.7. The molecule has 0 aromatic heterocycles. The first kappa shape index (κ1) is 31.3. The van der Waals surface area contributed by atoms with Gasteiger partial charge in [0.2, 0.25) is 0 Å². The highest BCUT2D eigenvalue weighted by Crippen LogP contribution is 2.31. The molecule has 1 aliphatic heterocycles. The van der Waals surface area contributed by atoms with Crippen LogP contribution in [0.2, 0.25) is 5.02 Å². The second-order valence-electron chi connectivity index (χ2n) is 10.6. The number of likely N-dealkylation sites (N-methyl/N-ethyl adjacent to an activating group) is 1. The summed E-state index contributed by atoms with van der Waals surface area (Å²) in [5.41, 5.74) is 1.51. The summed E-state index contributed by atoms with van der Waals surface area (Å²) in [4.78, 5) is 28.5. The number of benzene rings is 3. The predicted octanol–water partition coefficient (Wildman–Crippen LogP) is 4.19. The van der Waals surface area contributed by atoms with Crippen LogP contribution in [-0.2, 0) is 16.6 Å². The summed E-state index contributed by atoms with van der Waals surface area (Å²) in [6, 6.07) is 16.5. The SMILES string of the molecule is C[C@H]1CN([C@@H](C)CO)C(=O)c2cc(NS(=O)(=O)c3ccc(Cl)cc3)ccc2O[C@@H]1CN(C)Cc1ccc(C(=O)O)cc1. The van der Waals surface area contributed by atoms with Gasteiger partial charge in [-0.2, -0.15) is 0 Å². The highest BCUT2D eigenvalue weighted by atomic mass is 35.5. The minimum atomic E-state index is -3.95.